The first-order valence-electron chi connectivity index (χ1n) is 6.15. The second-order valence-electron chi connectivity index (χ2n) is 4.87. The van der Waals surface area contributed by atoms with Gasteiger partial charge in [0.1, 0.15) is 22.2 Å². The molecule has 0 saturated heterocycles. The molecule has 2 heterocycles. The van der Waals surface area contributed by atoms with Gasteiger partial charge in [-0.2, -0.15) is 0 Å². The van der Waals surface area contributed by atoms with Gasteiger partial charge in [0.25, 0.3) is 0 Å². The van der Waals surface area contributed by atoms with Crippen molar-refractivity contribution in [2.24, 2.45) is 0 Å². The molecule has 8 heteroatoms. The predicted octanol–water partition coefficient (Wildman–Crippen LogP) is 2.73. The van der Waals surface area contributed by atoms with Crippen LogP contribution in [0.3, 0.4) is 0 Å². The van der Waals surface area contributed by atoms with Gasteiger partial charge in [-0.1, -0.05) is 6.07 Å². The van der Waals surface area contributed by atoms with E-state index in [0.29, 0.717) is 0 Å². The van der Waals surface area contributed by atoms with E-state index in [0.717, 1.165) is 11.1 Å². The molecule has 0 amide bonds. The van der Waals surface area contributed by atoms with E-state index in [1.807, 2.05) is 5.38 Å². The molecule has 0 aliphatic heterocycles. The third-order valence-corrected chi connectivity index (χ3v) is 7.58. The second-order valence-corrected chi connectivity index (χ2v) is 10.2. The van der Waals surface area contributed by atoms with Crippen molar-refractivity contribution in [1.82, 2.24) is 0 Å². The maximum absolute atomic E-state index is 12.4. The van der Waals surface area contributed by atoms with Crippen LogP contribution in [0.15, 0.2) is 32.9 Å². The van der Waals surface area contributed by atoms with Crippen LogP contribution in [-0.2, 0) is 25.4 Å². The predicted molar refractivity (Wildman–Crippen MR) is 81.9 cm³/mol. The Hall–Kier alpha value is -1.12. The Morgan fingerprint density at radius 1 is 1.29 bits per heavy atom. The lowest BCUT2D eigenvalue weighted by Gasteiger charge is -2.09. The van der Waals surface area contributed by atoms with E-state index in [1.165, 1.54) is 24.3 Å². The molecular formula is C13H16O5S3. The van der Waals surface area contributed by atoms with Crippen molar-refractivity contribution in [3.8, 4) is 0 Å². The SMILES string of the molecule is Cc1oc(CS(=O)(=O)C(C)c2cccs2)cc1S(C)(=O)=O. The molecule has 0 aliphatic carbocycles. The van der Waals surface area contributed by atoms with Gasteiger partial charge in [-0.25, -0.2) is 16.8 Å². The molecule has 0 aliphatic rings. The van der Waals surface area contributed by atoms with Crippen LogP contribution in [0.2, 0.25) is 0 Å². The number of furan rings is 1. The van der Waals surface area contributed by atoms with E-state index in [4.69, 9.17) is 4.42 Å². The quantitative estimate of drug-likeness (QED) is 0.830. The van der Waals surface area contributed by atoms with Crippen LogP contribution in [0.1, 0.15) is 28.6 Å². The first-order chi connectivity index (χ1) is 9.61. The van der Waals surface area contributed by atoms with E-state index in [1.54, 1.807) is 19.1 Å². The smallest absolute Gasteiger partial charge is 0.178 e. The van der Waals surface area contributed by atoms with Crippen LogP contribution >= 0.6 is 11.3 Å². The van der Waals surface area contributed by atoms with E-state index in [9.17, 15) is 16.8 Å². The van der Waals surface area contributed by atoms with Crippen molar-refractivity contribution in [1.29, 1.82) is 0 Å². The number of hydrogen-bond donors (Lipinski definition) is 0. The van der Waals surface area contributed by atoms with Crippen LogP contribution in [-0.4, -0.2) is 23.1 Å². The highest BCUT2D eigenvalue weighted by molar-refractivity contribution is 7.91. The Kier molecular flexibility index (Phi) is 4.32. The van der Waals surface area contributed by atoms with Gasteiger partial charge in [0, 0.05) is 11.1 Å². The van der Waals surface area contributed by atoms with Crippen LogP contribution in [0.25, 0.3) is 0 Å². The fourth-order valence-corrected chi connectivity index (χ4v) is 5.39. The molecule has 2 aromatic heterocycles. The largest absolute Gasteiger partial charge is 0.464 e. The maximum Gasteiger partial charge on any atom is 0.178 e. The monoisotopic (exact) mass is 348 g/mol. The molecule has 0 spiro atoms. The van der Waals surface area contributed by atoms with Gasteiger partial charge in [-0.15, -0.1) is 11.3 Å². The molecule has 0 aromatic carbocycles. The lowest BCUT2D eigenvalue weighted by Crippen LogP contribution is -2.11. The summed E-state index contributed by atoms with van der Waals surface area (Å²) >= 11 is 1.38. The molecular weight excluding hydrogens is 332 g/mol. The maximum atomic E-state index is 12.4. The highest BCUT2D eigenvalue weighted by atomic mass is 32.2. The fourth-order valence-electron chi connectivity index (χ4n) is 1.99. The van der Waals surface area contributed by atoms with Crippen molar-refractivity contribution < 1.29 is 21.3 Å². The van der Waals surface area contributed by atoms with E-state index < -0.39 is 24.9 Å². The standard InChI is InChI=1S/C13H16O5S3/c1-9-13(20(3,14)15)7-11(18-9)8-21(16,17)10(2)12-5-4-6-19-12/h4-7,10H,8H2,1-3H3. The van der Waals surface area contributed by atoms with Gasteiger partial charge in [-0.05, 0) is 31.4 Å². The fraction of sp³-hybridized carbons (Fsp3) is 0.385. The zero-order valence-corrected chi connectivity index (χ0v) is 14.3. The van der Waals surface area contributed by atoms with E-state index >= 15 is 0 Å². The summed E-state index contributed by atoms with van der Waals surface area (Å²) in [5.41, 5.74) is 0. The van der Waals surface area contributed by atoms with Crippen molar-refractivity contribution in [2.75, 3.05) is 6.26 Å². The Labute approximate surface area is 128 Å². The normalized spacial score (nSPS) is 14.2. The zero-order valence-electron chi connectivity index (χ0n) is 11.9. The van der Waals surface area contributed by atoms with Crippen molar-refractivity contribution in [2.45, 2.75) is 29.7 Å². The summed E-state index contributed by atoms with van der Waals surface area (Å²) in [4.78, 5) is 0.790. The first-order valence-corrected chi connectivity index (χ1v) is 10.6. The molecule has 2 rings (SSSR count). The van der Waals surface area contributed by atoms with Gasteiger partial charge in [-0.3, -0.25) is 0 Å². The molecule has 116 valence electrons. The summed E-state index contributed by atoms with van der Waals surface area (Å²) in [5, 5.41) is 1.17. The summed E-state index contributed by atoms with van der Waals surface area (Å²) in [6.07, 6.45) is 1.07. The van der Waals surface area contributed by atoms with Gasteiger partial charge < -0.3 is 4.42 Å². The topological polar surface area (TPSA) is 81.4 Å². The molecule has 1 atom stereocenters. The molecule has 21 heavy (non-hydrogen) atoms. The number of aryl methyl sites for hydroxylation is 1. The van der Waals surface area contributed by atoms with Crippen molar-refractivity contribution >= 4 is 31.0 Å². The number of sulfone groups is 2. The lowest BCUT2D eigenvalue weighted by molar-refractivity contribution is 0.487. The highest BCUT2D eigenvalue weighted by Crippen LogP contribution is 2.30. The summed E-state index contributed by atoms with van der Waals surface area (Å²) in [6.45, 7) is 3.13. The van der Waals surface area contributed by atoms with E-state index in [2.05, 4.69) is 0 Å². The second kappa shape index (κ2) is 5.58. The highest BCUT2D eigenvalue weighted by Gasteiger charge is 2.27. The molecule has 5 nitrogen and oxygen atoms in total. The zero-order chi connectivity index (χ0) is 15.8. The molecule has 1 unspecified atom stereocenters. The minimum Gasteiger partial charge on any atom is -0.464 e. The average Bonchev–Trinajstić information content (AvgIpc) is 2.96. The van der Waals surface area contributed by atoms with Gasteiger partial charge in [0.05, 0.1) is 5.25 Å². The molecule has 0 saturated carbocycles. The summed E-state index contributed by atoms with van der Waals surface area (Å²) in [6, 6.07) is 4.86. The lowest BCUT2D eigenvalue weighted by atomic mass is 10.4. The Balaban J connectivity index is 2.30. The minimum atomic E-state index is -3.46. The Morgan fingerprint density at radius 3 is 2.43 bits per heavy atom. The number of thiophene rings is 1. The number of hydrogen-bond acceptors (Lipinski definition) is 6. The van der Waals surface area contributed by atoms with Crippen LogP contribution in [0.4, 0.5) is 0 Å². The minimum absolute atomic E-state index is 0.0384. The first kappa shape index (κ1) is 16.3. The molecule has 0 fully saturated rings. The number of rotatable bonds is 5. The van der Waals surface area contributed by atoms with Crippen molar-refractivity contribution in [3.05, 3.63) is 40.0 Å². The van der Waals surface area contributed by atoms with E-state index in [-0.39, 0.29) is 22.2 Å². The Bertz CT molecular complexity index is 827. The molecule has 2 aromatic rings. The molecule has 0 bridgehead atoms. The Morgan fingerprint density at radius 2 is 1.95 bits per heavy atom. The van der Waals surface area contributed by atoms with Gasteiger partial charge in [0.2, 0.25) is 0 Å². The van der Waals surface area contributed by atoms with Gasteiger partial charge >= 0.3 is 0 Å². The van der Waals surface area contributed by atoms with Crippen LogP contribution in [0, 0.1) is 6.92 Å². The summed E-state index contributed by atoms with van der Waals surface area (Å²) in [5.74, 6) is 0.0467. The van der Waals surface area contributed by atoms with Gasteiger partial charge in [0.15, 0.2) is 19.7 Å². The van der Waals surface area contributed by atoms with Crippen LogP contribution < -0.4 is 0 Å². The third-order valence-electron chi connectivity index (χ3n) is 3.15. The van der Waals surface area contributed by atoms with Crippen LogP contribution in [0.5, 0.6) is 0 Å². The average molecular weight is 348 g/mol. The van der Waals surface area contributed by atoms with Crippen molar-refractivity contribution in [3.63, 3.8) is 0 Å². The summed E-state index contributed by atoms with van der Waals surface area (Å²) in [7, 11) is -6.88. The third kappa shape index (κ3) is 3.56. The summed E-state index contributed by atoms with van der Waals surface area (Å²) < 4.78 is 53.1. The molecule has 0 N–H and O–H groups in total. The molecule has 0 radical (unpaired) electrons.